The van der Waals surface area contributed by atoms with E-state index in [1.807, 2.05) is 0 Å². The second-order valence-corrected chi connectivity index (χ2v) is 10.0. The van der Waals surface area contributed by atoms with Crippen LogP contribution in [0.15, 0.2) is 25.3 Å². The first-order valence-corrected chi connectivity index (χ1v) is 10.6. The number of hydrogen-bond donors (Lipinski definition) is 0. The van der Waals surface area contributed by atoms with E-state index in [2.05, 4.69) is 13.2 Å². The van der Waals surface area contributed by atoms with Crippen LogP contribution in [0.5, 0.6) is 0 Å². The summed E-state index contributed by atoms with van der Waals surface area (Å²) in [6, 6.07) is -1.04. The van der Waals surface area contributed by atoms with Gasteiger partial charge in [-0.3, -0.25) is 9.69 Å². The van der Waals surface area contributed by atoms with Crippen LogP contribution >= 0.6 is 0 Å². The molecule has 0 N–H and O–H groups in total. The predicted molar refractivity (Wildman–Crippen MR) is 115 cm³/mol. The normalized spacial score (nSPS) is 27.0. The lowest BCUT2D eigenvalue weighted by molar-refractivity contribution is -0.165. The molecule has 2 heterocycles. The highest BCUT2D eigenvalue weighted by Gasteiger charge is 2.54. The smallest absolute Gasteiger partial charge is 0.411 e. The van der Waals surface area contributed by atoms with Gasteiger partial charge in [0.2, 0.25) is 0 Å². The number of likely N-dealkylation sites (tertiary alicyclic amines) is 2. The molecule has 0 bridgehead atoms. The number of ether oxygens (including phenoxy) is 2. The fourth-order valence-electron chi connectivity index (χ4n) is 4.12. The van der Waals surface area contributed by atoms with Gasteiger partial charge >= 0.3 is 12.1 Å². The fourth-order valence-corrected chi connectivity index (χ4v) is 4.12. The molecule has 168 valence electrons. The zero-order valence-corrected chi connectivity index (χ0v) is 19.2. The van der Waals surface area contributed by atoms with Crippen molar-refractivity contribution in [1.29, 1.82) is 0 Å². The minimum absolute atomic E-state index is 0.312. The summed E-state index contributed by atoms with van der Waals surface area (Å²) in [6.07, 6.45) is 4.78. The van der Waals surface area contributed by atoms with Crippen LogP contribution in [0.4, 0.5) is 4.79 Å². The van der Waals surface area contributed by atoms with Gasteiger partial charge in [-0.05, 0) is 67.2 Å². The Kier molecular flexibility index (Phi) is 6.74. The molecule has 0 aliphatic carbocycles. The van der Waals surface area contributed by atoms with Crippen molar-refractivity contribution in [2.45, 2.75) is 96.1 Å². The van der Waals surface area contributed by atoms with E-state index in [-0.39, 0.29) is 11.9 Å². The Morgan fingerprint density at radius 1 is 1.00 bits per heavy atom. The first kappa shape index (κ1) is 24.0. The van der Waals surface area contributed by atoms with Crippen molar-refractivity contribution < 1.29 is 23.9 Å². The number of esters is 1. The first-order chi connectivity index (χ1) is 13.8. The van der Waals surface area contributed by atoms with Crippen LogP contribution in [0, 0.1) is 0 Å². The molecule has 3 atom stereocenters. The summed E-state index contributed by atoms with van der Waals surface area (Å²) in [5.41, 5.74) is -2.61. The Balaban J connectivity index is 2.38. The third-order valence-electron chi connectivity index (χ3n) is 5.36. The maximum Gasteiger partial charge on any atom is 0.411 e. The Morgan fingerprint density at radius 3 is 2.10 bits per heavy atom. The maximum absolute atomic E-state index is 13.9. The van der Waals surface area contributed by atoms with Gasteiger partial charge in [-0.25, -0.2) is 9.59 Å². The molecule has 0 unspecified atom stereocenters. The van der Waals surface area contributed by atoms with E-state index in [0.717, 1.165) is 0 Å². The maximum atomic E-state index is 13.9. The highest BCUT2D eigenvalue weighted by atomic mass is 16.6. The molecule has 2 fully saturated rings. The molecule has 2 aliphatic heterocycles. The van der Waals surface area contributed by atoms with Gasteiger partial charge in [-0.15, -0.1) is 13.2 Å². The summed E-state index contributed by atoms with van der Waals surface area (Å²) in [5, 5.41) is 0. The summed E-state index contributed by atoms with van der Waals surface area (Å²) in [6.45, 7) is 18.8. The highest BCUT2D eigenvalue weighted by molar-refractivity contribution is 5.96. The van der Waals surface area contributed by atoms with E-state index >= 15 is 0 Å². The molecule has 0 spiro atoms. The Morgan fingerprint density at radius 2 is 1.60 bits per heavy atom. The van der Waals surface area contributed by atoms with Crippen LogP contribution in [-0.4, -0.2) is 63.1 Å². The van der Waals surface area contributed by atoms with Gasteiger partial charge in [0.25, 0.3) is 5.91 Å². The third kappa shape index (κ3) is 4.87. The highest BCUT2D eigenvalue weighted by Crippen LogP contribution is 2.38. The van der Waals surface area contributed by atoms with E-state index in [1.54, 1.807) is 47.6 Å². The number of rotatable bonds is 4. The van der Waals surface area contributed by atoms with Gasteiger partial charge in [0.05, 0.1) is 6.04 Å². The summed E-state index contributed by atoms with van der Waals surface area (Å²) in [4.78, 5) is 42.6. The average molecular weight is 421 g/mol. The van der Waals surface area contributed by atoms with Crippen molar-refractivity contribution in [3.8, 4) is 0 Å². The fraction of sp³-hybridized carbons (Fsp3) is 0.696. The molecule has 2 aliphatic rings. The molecule has 2 rings (SSSR count). The van der Waals surface area contributed by atoms with E-state index < -0.39 is 34.8 Å². The average Bonchev–Trinajstić information content (AvgIpc) is 3.22. The van der Waals surface area contributed by atoms with Crippen LogP contribution in [0.3, 0.4) is 0 Å². The van der Waals surface area contributed by atoms with Crippen LogP contribution in [0.1, 0.15) is 67.2 Å². The second kappa shape index (κ2) is 8.44. The van der Waals surface area contributed by atoms with Gasteiger partial charge in [-0.1, -0.05) is 12.2 Å². The molecule has 0 saturated carbocycles. The van der Waals surface area contributed by atoms with Gasteiger partial charge in [0, 0.05) is 6.54 Å². The van der Waals surface area contributed by atoms with Gasteiger partial charge in [0.15, 0.2) is 0 Å². The number of hydrogen-bond acceptors (Lipinski definition) is 5. The standard InChI is InChI=1S/C23H36N2O5/c1-9-16-12-13-17(18(26)29-21(3,4)5)25(16)19(27)23(10-2)14-11-15-24(23)20(28)30-22(6,7)8/h9-10,16-17H,1-2,11-15H2,3-8H3/t16-,17-,23+/m1/s1. The molecule has 0 aromatic carbocycles. The van der Waals surface area contributed by atoms with Crippen molar-refractivity contribution in [2.75, 3.05) is 6.54 Å². The largest absolute Gasteiger partial charge is 0.458 e. The van der Waals surface area contributed by atoms with Gasteiger partial charge < -0.3 is 14.4 Å². The minimum atomic E-state index is -1.26. The zero-order valence-electron chi connectivity index (χ0n) is 19.2. The Labute approximate surface area is 180 Å². The van der Waals surface area contributed by atoms with Gasteiger partial charge in [-0.2, -0.15) is 0 Å². The SMILES string of the molecule is C=C[C@@H]1CC[C@H](C(=O)OC(C)(C)C)N1C(=O)[C@]1(C=C)CCCN1C(=O)OC(C)(C)C. The Bertz CT molecular complexity index is 718. The second-order valence-electron chi connectivity index (χ2n) is 10.0. The molecule has 2 saturated heterocycles. The van der Waals surface area contributed by atoms with Gasteiger partial charge in [0.1, 0.15) is 22.8 Å². The van der Waals surface area contributed by atoms with E-state index in [9.17, 15) is 14.4 Å². The lowest BCUT2D eigenvalue weighted by Crippen LogP contribution is -2.61. The van der Waals surface area contributed by atoms with Crippen molar-refractivity contribution in [3.05, 3.63) is 25.3 Å². The summed E-state index contributed by atoms with van der Waals surface area (Å²) in [5.74, 6) is -0.777. The van der Waals surface area contributed by atoms with Crippen molar-refractivity contribution in [2.24, 2.45) is 0 Å². The predicted octanol–water partition coefficient (Wildman–Crippen LogP) is 3.83. The summed E-state index contributed by atoms with van der Waals surface area (Å²) >= 11 is 0. The molecule has 7 nitrogen and oxygen atoms in total. The number of amides is 2. The van der Waals surface area contributed by atoms with E-state index in [0.29, 0.717) is 32.2 Å². The summed E-state index contributed by atoms with van der Waals surface area (Å²) in [7, 11) is 0. The molecule has 2 amide bonds. The van der Waals surface area contributed by atoms with Crippen molar-refractivity contribution >= 4 is 18.0 Å². The lowest BCUT2D eigenvalue weighted by Gasteiger charge is -2.41. The molecule has 30 heavy (non-hydrogen) atoms. The zero-order chi connectivity index (χ0) is 22.9. The van der Waals surface area contributed by atoms with E-state index in [1.165, 1.54) is 15.9 Å². The molecule has 0 radical (unpaired) electrons. The molecule has 7 heteroatoms. The Hall–Kier alpha value is -2.31. The molecule has 0 aromatic heterocycles. The van der Waals surface area contributed by atoms with Crippen LogP contribution in [-0.2, 0) is 19.1 Å². The molecule has 0 aromatic rings. The number of carbonyl (C=O) groups is 3. The van der Waals surface area contributed by atoms with Crippen LogP contribution in [0.25, 0.3) is 0 Å². The third-order valence-corrected chi connectivity index (χ3v) is 5.36. The molecular weight excluding hydrogens is 384 g/mol. The van der Waals surface area contributed by atoms with Crippen molar-refractivity contribution in [1.82, 2.24) is 9.80 Å². The van der Waals surface area contributed by atoms with Crippen LogP contribution in [0.2, 0.25) is 0 Å². The lowest BCUT2D eigenvalue weighted by atomic mass is 9.93. The monoisotopic (exact) mass is 420 g/mol. The molecular formula is C23H36N2O5. The van der Waals surface area contributed by atoms with Crippen molar-refractivity contribution in [3.63, 3.8) is 0 Å². The van der Waals surface area contributed by atoms with E-state index in [4.69, 9.17) is 9.47 Å². The quantitative estimate of drug-likeness (QED) is 0.510. The summed E-state index contributed by atoms with van der Waals surface area (Å²) < 4.78 is 11.1. The number of carbonyl (C=O) groups excluding carboxylic acids is 3. The minimum Gasteiger partial charge on any atom is -0.458 e. The first-order valence-electron chi connectivity index (χ1n) is 10.6. The van der Waals surface area contributed by atoms with Crippen LogP contribution < -0.4 is 0 Å². The topological polar surface area (TPSA) is 76.2 Å². The number of nitrogens with zero attached hydrogens (tertiary/aromatic N) is 2.